The van der Waals surface area contributed by atoms with Crippen molar-refractivity contribution < 1.29 is 4.79 Å². The summed E-state index contributed by atoms with van der Waals surface area (Å²) in [6.07, 6.45) is 6.09. The van der Waals surface area contributed by atoms with Crippen LogP contribution in [0.1, 0.15) is 27.3 Å². The van der Waals surface area contributed by atoms with Gasteiger partial charge in [-0.1, -0.05) is 6.07 Å². The lowest BCUT2D eigenvalue weighted by atomic mass is 10.1. The lowest BCUT2D eigenvalue weighted by Crippen LogP contribution is -2.28. The maximum Gasteiger partial charge on any atom is 0.272 e. The van der Waals surface area contributed by atoms with Gasteiger partial charge in [0.2, 0.25) is 0 Å². The zero-order valence-corrected chi connectivity index (χ0v) is 13.0. The fourth-order valence-corrected chi connectivity index (χ4v) is 2.84. The molecule has 0 spiro atoms. The highest BCUT2D eigenvalue weighted by Crippen LogP contribution is 2.16. The maximum absolute atomic E-state index is 12.5. The summed E-state index contributed by atoms with van der Waals surface area (Å²) in [5, 5.41) is 17.5. The van der Waals surface area contributed by atoms with Gasteiger partial charge in [0, 0.05) is 61.5 Å². The lowest BCUT2D eigenvalue weighted by Gasteiger charge is -2.13. The van der Waals surface area contributed by atoms with E-state index in [1.807, 2.05) is 24.4 Å². The van der Waals surface area contributed by atoms with E-state index in [-0.39, 0.29) is 5.91 Å². The maximum atomic E-state index is 12.5. The molecule has 0 fully saturated rings. The molecule has 4 heterocycles. The number of rotatable bonds is 4. The second-order valence-electron chi connectivity index (χ2n) is 5.58. The van der Waals surface area contributed by atoms with Crippen LogP contribution >= 0.6 is 0 Å². The van der Waals surface area contributed by atoms with Crippen molar-refractivity contribution in [3.8, 4) is 5.82 Å². The van der Waals surface area contributed by atoms with Crippen molar-refractivity contribution in [2.24, 2.45) is 0 Å². The highest BCUT2D eigenvalue weighted by molar-refractivity contribution is 5.94. The number of aromatic nitrogens is 5. The summed E-state index contributed by atoms with van der Waals surface area (Å²) in [6.45, 7) is 1.93. The predicted octanol–water partition coefficient (Wildman–Crippen LogP) is 0.566. The molecule has 3 N–H and O–H groups in total. The molecule has 0 atom stereocenters. The number of carbonyl (C=O) groups is 1. The quantitative estimate of drug-likeness (QED) is 0.651. The van der Waals surface area contributed by atoms with E-state index in [0.29, 0.717) is 24.6 Å². The third-order valence-corrected chi connectivity index (χ3v) is 4.05. The van der Waals surface area contributed by atoms with E-state index >= 15 is 0 Å². The Morgan fingerprint density at radius 1 is 1.33 bits per heavy atom. The molecule has 0 aliphatic carbocycles. The molecule has 0 radical (unpaired) electrons. The van der Waals surface area contributed by atoms with E-state index in [1.54, 1.807) is 17.1 Å². The summed E-state index contributed by atoms with van der Waals surface area (Å²) in [4.78, 5) is 16.8. The summed E-state index contributed by atoms with van der Waals surface area (Å²) >= 11 is 0. The van der Waals surface area contributed by atoms with Crippen molar-refractivity contribution in [2.45, 2.75) is 19.5 Å². The van der Waals surface area contributed by atoms with Gasteiger partial charge in [0.25, 0.3) is 5.91 Å². The lowest BCUT2D eigenvalue weighted by molar-refractivity contribution is 0.0944. The topological polar surface area (TPSA) is 101 Å². The van der Waals surface area contributed by atoms with Crippen molar-refractivity contribution in [1.82, 2.24) is 35.6 Å². The fraction of sp³-hybridized carbons (Fsp3) is 0.250. The molecule has 8 heteroatoms. The van der Waals surface area contributed by atoms with Crippen LogP contribution in [0.4, 0.5) is 0 Å². The molecule has 0 aromatic carbocycles. The average Bonchev–Trinajstić information content (AvgIpc) is 3.29. The van der Waals surface area contributed by atoms with Gasteiger partial charge >= 0.3 is 0 Å². The highest BCUT2D eigenvalue weighted by Gasteiger charge is 2.21. The Labute approximate surface area is 138 Å². The van der Waals surface area contributed by atoms with Crippen LogP contribution in [0.3, 0.4) is 0 Å². The van der Waals surface area contributed by atoms with Gasteiger partial charge in [-0.05, 0) is 12.1 Å². The molecule has 0 saturated carbocycles. The SMILES string of the molecule is O=C(NCc1cccnc1-n1cccn1)c1n[nH]c2c1CNCC2. The van der Waals surface area contributed by atoms with Crippen molar-refractivity contribution in [2.75, 3.05) is 6.54 Å². The molecule has 4 rings (SSSR count). The first-order chi connectivity index (χ1) is 11.8. The zero-order chi connectivity index (χ0) is 16.4. The van der Waals surface area contributed by atoms with E-state index in [4.69, 9.17) is 0 Å². The van der Waals surface area contributed by atoms with E-state index in [0.717, 1.165) is 29.8 Å². The minimum absolute atomic E-state index is 0.188. The Morgan fingerprint density at radius 3 is 3.17 bits per heavy atom. The van der Waals surface area contributed by atoms with Gasteiger partial charge in [-0.25, -0.2) is 9.67 Å². The highest BCUT2D eigenvalue weighted by atomic mass is 16.1. The molecule has 1 amide bonds. The Kier molecular flexibility index (Phi) is 3.80. The first kappa shape index (κ1) is 14.6. The fourth-order valence-electron chi connectivity index (χ4n) is 2.84. The van der Waals surface area contributed by atoms with Crippen LogP contribution in [-0.2, 0) is 19.5 Å². The van der Waals surface area contributed by atoms with Crippen LogP contribution in [0.15, 0.2) is 36.8 Å². The Balaban J connectivity index is 1.52. The predicted molar refractivity (Wildman–Crippen MR) is 86.5 cm³/mol. The van der Waals surface area contributed by atoms with Gasteiger partial charge in [0.1, 0.15) is 0 Å². The second kappa shape index (κ2) is 6.25. The summed E-state index contributed by atoms with van der Waals surface area (Å²) in [6, 6.07) is 5.60. The molecule has 0 unspecified atom stereocenters. The van der Waals surface area contributed by atoms with Gasteiger partial charge < -0.3 is 10.6 Å². The minimum atomic E-state index is -0.188. The molecule has 0 bridgehead atoms. The number of amides is 1. The zero-order valence-electron chi connectivity index (χ0n) is 13.0. The summed E-state index contributed by atoms with van der Waals surface area (Å²) in [7, 11) is 0. The van der Waals surface area contributed by atoms with Gasteiger partial charge in [0.15, 0.2) is 11.5 Å². The average molecular weight is 323 g/mol. The van der Waals surface area contributed by atoms with Gasteiger partial charge in [-0.15, -0.1) is 0 Å². The minimum Gasteiger partial charge on any atom is -0.346 e. The number of hydrogen-bond donors (Lipinski definition) is 3. The van der Waals surface area contributed by atoms with Crippen LogP contribution in [0.25, 0.3) is 5.82 Å². The van der Waals surface area contributed by atoms with Gasteiger partial charge in [0.05, 0.1) is 0 Å². The van der Waals surface area contributed by atoms with Crippen molar-refractivity contribution in [1.29, 1.82) is 0 Å². The largest absolute Gasteiger partial charge is 0.346 e. The number of H-pyrrole nitrogens is 1. The van der Waals surface area contributed by atoms with Crippen molar-refractivity contribution >= 4 is 5.91 Å². The molecule has 0 saturated heterocycles. The van der Waals surface area contributed by atoms with Crippen LogP contribution in [0.2, 0.25) is 0 Å². The van der Waals surface area contributed by atoms with Crippen molar-refractivity contribution in [3.63, 3.8) is 0 Å². The molecule has 1 aliphatic heterocycles. The molecular formula is C16H17N7O. The number of aromatic amines is 1. The van der Waals surface area contributed by atoms with E-state index < -0.39 is 0 Å². The number of fused-ring (bicyclic) bond motifs is 1. The van der Waals surface area contributed by atoms with Gasteiger partial charge in [-0.3, -0.25) is 9.89 Å². The molecule has 8 nitrogen and oxygen atoms in total. The third kappa shape index (κ3) is 2.67. The number of pyridine rings is 1. The van der Waals surface area contributed by atoms with Crippen LogP contribution in [0, 0.1) is 0 Å². The van der Waals surface area contributed by atoms with E-state index in [1.165, 1.54) is 0 Å². The summed E-state index contributed by atoms with van der Waals surface area (Å²) in [5.74, 6) is 0.514. The molecule has 3 aromatic heterocycles. The van der Waals surface area contributed by atoms with E-state index in [2.05, 4.69) is 30.9 Å². The smallest absolute Gasteiger partial charge is 0.272 e. The standard InChI is InChI=1S/C16H17N7O/c24-16(14-12-10-17-7-4-13(12)21-22-14)19-9-11-3-1-5-18-15(11)23-8-2-6-20-23/h1-3,5-6,8,17H,4,7,9-10H2,(H,19,24)(H,21,22). The molecule has 1 aliphatic rings. The normalized spacial score (nSPS) is 13.5. The van der Waals surface area contributed by atoms with Crippen molar-refractivity contribution in [3.05, 3.63) is 59.3 Å². The Bertz CT molecular complexity index is 853. The Hall–Kier alpha value is -3.00. The third-order valence-electron chi connectivity index (χ3n) is 4.05. The first-order valence-electron chi connectivity index (χ1n) is 7.82. The van der Waals surface area contributed by atoms with Crippen LogP contribution < -0.4 is 10.6 Å². The number of carbonyl (C=O) groups excluding carboxylic acids is 1. The molecule has 24 heavy (non-hydrogen) atoms. The number of nitrogens with zero attached hydrogens (tertiary/aromatic N) is 4. The second-order valence-corrected chi connectivity index (χ2v) is 5.58. The number of hydrogen-bond acceptors (Lipinski definition) is 5. The molecular weight excluding hydrogens is 306 g/mol. The summed E-state index contributed by atoms with van der Waals surface area (Å²) < 4.78 is 1.68. The van der Waals surface area contributed by atoms with Crippen LogP contribution in [0.5, 0.6) is 0 Å². The monoisotopic (exact) mass is 323 g/mol. The Morgan fingerprint density at radius 2 is 2.29 bits per heavy atom. The summed E-state index contributed by atoms with van der Waals surface area (Å²) in [5.41, 5.74) is 3.34. The number of nitrogens with one attached hydrogen (secondary N) is 3. The van der Waals surface area contributed by atoms with Gasteiger partial charge in [-0.2, -0.15) is 10.2 Å². The van der Waals surface area contributed by atoms with Crippen LogP contribution in [-0.4, -0.2) is 37.4 Å². The molecule has 3 aromatic rings. The van der Waals surface area contributed by atoms with E-state index in [9.17, 15) is 4.79 Å². The first-order valence-corrected chi connectivity index (χ1v) is 7.82. The molecule has 122 valence electrons.